The lowest BCUT2D eigenvalue weighted by Gasteiger charge is -2.12. The van der Waals surface area contributed by atoms with E-state index in [1.165, 1.54) is 10.4 Å². The summed E-state index contributed by atoms with van der Waals surface area (Å²) in [5, 5.41) is 2.04. The Labute approximate surface area is 145 Å². The first-order chi connectivity index (χ1) is 11.3. The van der Waals surface area contributed by atoms with E-state index in [1.54, 1.807) is 18.3 Å². The zero-order valence-electron chi connectivity index (χ0n) is 13.4. The summed E-state index contributed by atoms with van der Waals surface area (Å²) in [6.07, 6.45) is 0. The predicted octanol–water partition coefficient (Wildman–Crippen LogP) is 2.76. The molecule has 1 unspecified atom stereocenters. The van der Waals surface area contributed by atoms with Crippen molar-refractivity contribution >= 4 is 27.4 Å². The van der Waals surface area contributed by atoms with Crippen LogP contribution < -0.4 is 5.48 Å². The number of hydrogen-bond donors (Lipinski definition) is 2. The lowest BCUT2D eigenvalue weighted by Crippen LogP contribution is -2.28. The first-order valence-corrected chi connectivity index (χ1v) is 9.80. The topological polar surface area (TPSA) is 92.7 Å². The summed E-state index contributed by atoms with van der Waals surface area (Å²) in [5.74, 6) is -1.55. The molecule has 2 aromatic rings. The summed E-state index contributed by atoms with van der Waals surface area (Å²) < 4.78 is 29.7. The lowest BCUT2D eigenvalue weighted by molar-refractivity contribution is -0.152. The number of nitrogens with one attached hydrogen (secondary N) is 1. The van der Waals surface area contributed by atoms with Gasteiger partial charge in [-0.1, -0.05) is 24.3 Å². The van der Waals surface area contributed by atoms with E-state index in [0.29, 0.717) is 0 Å². The van der Waals surface area contributed by atoms with Crippen molar-refractivity contribution in [2.24, 2.45) is 0 Å². The van der Waals surface area contributed by atoms with Gasteiger partial charge in [-0.3, -0.25) is 4.55 Å². The number of carbonyl (C=O) groups is 1. The fourth-order valence-electron chi connectivity index (χ4n) is 2.11. The Morgan fingerprint density at radius 1 is 1.29 bits per heavy atom. The predicted molar refractivity (Wildman–Crippen MR) is 93.4 cm³/mol. The second-order valence-corrected chi connectivity index (χ2v) is 7.87. The Hall–Kier alpha value is -1.74. The van der Waals surface area contributed by atoms with E-state index in [4.69, 9.17) is 9.39 Å². The fraction of sp³-hybridized carbons (Fsp3) is 0.312. The van der Waals surface area contributed by atoms with Gasteiger partial charge in [-0.25, -0.2) is 4.79 Å². The minimum Gasteiger partial charge on any atom is -0.370 e. The van der Waals surface area contributed by atoms with Gasteiger partial charge < -0.3 is 4.84 Å². The molecule has 8 heteroatoms. The van der Waals surface area contributed by atoms with Gasteiger partial charge in [0.25, 0.3) is 10.1 Å². The van der Waals surface area contributed by atoms with E-state index in [9.17, 15) is 13.2 Å². The smallest absolute Gasteiger partial charge is 0.331 e. The highest BCUT2D eigenvalue weighted by Gasteiger charge is 2.17. The molecule has 0 bridgehead atoms. The average Bonchev–Trinajstić information content (AvgIpc) is 2.96. The molecular formula is C16H19NO5S2. The van der Waals surface area contributed by atoms with Crippen molar-refractivity contribution in [1.82, 2.24) is 5.48 Å². The summed E-state index contributed by atoms with van der Waals surface area (Å²) in [5.41, 5.74) is 5.35. The second kappa shape index (κ2) is 7.89. The number of carbonyl (C=O) groups excluding carboxylic acids is 1. The quantitative estimate of drug-likeness (QED) is 0.443. The maximum Gasteiger partial charge on any atom is 0.331 e. The third-order valence-corrected chi connectivity index (χ3v) is 5.31. The molecule has 0 aliphatic rings. The molecule has 0 aliphatic carbocycles. The molecule has 2 rings (SSSR count). The summed E-state index contributed by atoms with van der Waals surface area (Å²) in [4.78, 5) is 18.0. The van der Waals surface area contributed by atoms with Crippen molar-refractivity contribution in [3.8, 4) is 10.4 Å². The third kappa shape index (κ3) is 5.13. The van der Waals surface area contributed by atoms with Crippen LogP contribution in [0.3, 0.4) is 0 Å². The number of thiophene rings is 1. The van der Waals surface area contributed by atoms with Gasteiger partial charge >= 0.3 is 5.97 Å². The number of benzene rings is 1. The number of hydrogen-bond acceptors (Lipinski definition) is 6. The van der Waals surface area contributed by atoms with Crippen LogP contribution in [0.25, 0.3) is 10.4 Å². The Kier molecular flexibility index (Phi) is 6.11. The molecule has 0 aliphatic heterocycles. The normalized spacial score (nSPS) is 12.8. The van der Waals surface area contributed by atoms with Gasteiger partial charge in [-0.2, -0.15) is 13.9 Å². The summed E-state index contributed by atoms with van der Waals surface area (Å²) in [7, 11) is -4.08. The first kappa shape index (κ1) is 18.6. The van der Waals surface area contributed by atoms with Crippen molar-refractivity contribution in [1.29, 1.82) is 0 Å². The molecule has 0 saturated carbocycles. The highest BCUT2D eigenvalue weighted by molar-refractivity contribution is 7.85. The highest BCUT2D eigenvalue weighted by atomic mass is 32.2. The van der Waals surface area contributed by atoms with Crippen LogP contribution in [0.4, 0.5) is 0 Å². The summed E-state index contributed by atoms with van der Waals surface area (Å²) >= 11 is 1.67. The van der Waals surface area contributed by atoms with Crippen LogP contribution in [0.5, 0.6) is 0 Å². The molecule has 1 atom stereocenters. The number of rotatable bonds is 7. The Bertz CT molecular complexity index is 796. The molecule has 0 amide bonds. The van der Waals surface area contributed by atoms with E-state index in [-0.39, 0.29) is 6.54 Å². The molecule has 0 saturated heterocycles. The molecule has 6 nitrogen and oxygen atoms in total. The van der Waals surface area contributed by atoms with Crippen molar-refractivity contribution in [3.63, 3.8) is 0 Å². The minimum absolute atomic E-state index is 0.173. The van der Waals surface area contributed by atoms with Gasteiger partial charge in [0.1, 0.15) is 0 Å². The maximum atomic E-state index is 11.9. The standard InChI is InChI=1S/C16H19NO5S2/c1-11-7-9-23-15(11)14-5-3-13(4-6-14)12(2)16(18)22-17-8-10-24(19,20)21/h3-7,9,12,17H,8,10H2,1-2H3,(H,19,20,21). The molecule has 0 radical (unpaired) electrons. The molecule has 1 aromatic carbocycles. The number of hydroxylamine groups is 1. The molecule has 1 heterocycles. The molecular weight excluding hydrogens is 350 g/mol. The fourth-order valence-corrected chi connectivity index (χ4v) is 3.38. The van der Waals surface area contributed by atoms with Crippen LogP contribution in [0.15, 0.2) is 35.7 Å². The van der Waals surface area contributed by atoms with Crippen LogP contribution in [0.2, 0.25) is 0 Å². The van der Waals surface area contributed by atoms with Gasteiger partial charge in [-0.05, 0) is 42.0 Å². The van der Waals surface area contributed by atoms with E-state index in [2.05, 4.69) is 18.5 Å². The van der Waals surface area contributed by atoms with Crippen LogP contribution >= 0.6 is 11.3 Å². The van der Waals surface area contributed by atoms with Crippen molar-refractivity contribution in [2.45, 2.75) is 19.8 Å². The lowest BCUT2D eigenvalue weighted by atomic mass is 9.99. The maximum absolute atomic E-state index is 11.9. The van der Waals surface area contributed by atoms with Gasteiger partial charge in [0.2, 0.25) is 0 Å². The minimum atomic E-state index is -4.08. The van der Waals surface area contributed by atoms with Gasteiger partial charge in [0, 0.05) is 11.4 Å². The first-order valence-electron chi connectivity index (χ1n) is 7.31. The Balaban J connectivity index is 1.93. The van der Waals surface area contributed by atoms with Crippen molar-refractivity contribution < 1.29 is 22.6 Å². The Morgan fingerprint density at radius 3 is 2.50 bits per heavy atom. The van der Waals surface area contributed by atoms with E-state index >= 15 is 0 Å². The van der Waals surface area contributed by atoms with E-state index in [1.807, 2.05) is 29.6 Å². The largest absolute Gasteiger partial charge is 0.370 e. The van der Waals surface area contributed by atoms with Crippen molar-refractivity contribution in [2.75, 3.05) is 12.3 Å². The van der Waals surface area contributed by atoms with Crippen LogP contribution in [-0.2, 0) is 19.8 Å². The van der Waals surface area contributed by atoms with Gasteiger partial charge in [0.05, 0.1) is 11.7 Å². The van der Waals surface area contributed by atoms with E-state index in [0.717, 1.165) is 11.1 Å². The summed E-state index contributed by atoms with van der Waals surface area (Å²) in [6.45, 7) is 3.59. The molecule has 24 heavy (non-hydrogen) atoms. The van der Waals surface area contributed by atoms with Crippen molar-refractivity contribution in [3.05, 3.63) is 46.8 Å². The number of aryl methyl sites for hydroxylation is 1. The third-order valence-electron chi connectivity index (χ3n) is 3.52. The molecule has 0 fully saturated rings. The van der Waals surface area contributed by atoms with Gasteiger partial charge in [0.15, 0.2) is 0 Å². The van der Waals surface area contributed by atoms with E-state index < -0.39 is 27.8 Å². The van der Waals surface area contributed by atoms with Crippen LogP contribution in [0.1, 0.15) is 24.0 Å². The zero-order chi connectivity index (χ0) is 17.7. The SMILES string of the molecule is Cc1ccsc1-c1ccc(C(C)C(=O)ONCCS(=O)(=O)O)cc1. The van der Waals surface area contributed by atoms with Crippen LogP contribution in [-0.4, -0.2) is 31.2 Å². The molecule has 1 aromatic heterocycles. The monoisotopic (exact) mass is 369 g/mol. The molecule has 0 spiro atoms. The van der Waals surface area contributed by atoms with Gasteiger partial charge in [-0.15, -0.1) is 11.3 Å². The van der Waals surface area contributed by atoms with Crippen LogP contribution in [0, 0.1) is 6.92 Å². The molecule has 2 N–H and O–H groups in total. The second-order valence-electron chi connectivity index (χ2n) is 5.38. The summed E-state index contributed by atoms with van der Waals surface area (Å²) in [6, 6.07) is 9.73. The highest BCUT2D eigenvalue weighted by Crippen LogP contribution is 2.30. The zero-order valence-corrected chi connectivity index (χ0v) is 15.0. The molecule has 130 valence electrons. The average molecular weight is 369 g/mol. The Morgan fingerprint density at radius 2 is 1.96 bits per heavy atom.